The van der Waals surface area contributed by atoms with Crippen molar-refractivity contribution in [3.05, 3.63) is 0 Å². The summed E-state index contributed by atoms with van der Waals surface area (Å²) in [5, 5.41) is 8.41. The van der Waals surface area contributed by atoms with Crippen LogP contribution in [0.25, 0.3) is 0 Å². The Bertz CT molecular complexity index is 101. The molecule has 0 saturated heterocycles. The van der Waals surface area contributed by atoms with Gasteiger partial charge in [0.25, 0.3) is 0 Å². The average Bonchev–Trinajstić information content (AvgIpc) is 2.05. The summed E-state index contributed by atoms with van der Waals surface area (Å²) in [6.07, 6.45) is 4.31. The van der Waals surface area contributed by atoms with Gasteiger partial charge in [-0.2, -0.15) is 5.26 Å². The number of nitrogens with two attached hydrogens (primary N) is 1. The molecule has 0 heterocycles. The Kier molecular flexibility index (Phi) is 14.8. The molecule has 0 amide bonds. The van der Waals surface area contributed by atoms with Gasteiger partial charge in [0.15, 0.2) is 6.19 Å². The second kappa shape index (κ2) is 12.9. The van der Waals surface area contributed by atoms with Crippen molar-refractivity contribution in [2.24, 2.45) is 5.73 Å². The first-order valence-electron chi connectivity index (χ1n) is 4.61. The van der Waals surface area contributed by atoms with Gasteiger partial charge in [0, 0.05) is 19.6 Å². The summed E-state index contributed by atoms with van der Waals surface area (Å²) in [6.45, 7) is 8.37. The molecular weight excluding hydrogens is 150 g/mol. The summed E-state index contributed by atoms with van der Waals surface area (Å²) in [6, 6.07) is 0. The molecule has 2 N–H and O–H groups in total. The Morgan fingerprint density at radius 2 is 1.75 bits per heavy atom. The van der Waals surface area contributed by atoms with Gasteiger partial charge in [-0.15, -0.1) is 0 Å². The molecule has 0 aromatic carbocycles. The van der Waals surface area contributed by atoms with Crippen molar-refractivity contribution >= 4 is 0 Å². The van der Waals surface area contributed by atoms with Crippen LogP contribution in [0, 0.1) is 11.5 Å². The molecule has 0 spiro atoms. The Hall–Kier alpha value is -0.750. The molecule has 0 atom stereocenters. The van der Waals surface area contributed by atoms with Gasteiger partial charge in [0.1, 0.15) is 0 Å². The summed E-state index contributed by atoms with van der Waals surface area (Å²) in [7, 11) is 0. The SMILES string of the molecule is CCC.CCCN(C#N)CCN. The summed E-state index contributed by atoms with van der Waals surface area (Å²) in [4.78, 5) is 1.67. The van der Waals surface area contributed by atoms with Crippen molar-refractivity contribution in [1.82, 2.24) is 4.90 Å². The minimum absolute atomic E-state index is 0.563. The lowest BCUT2D eigenvalue weighted by Crippen LogP contribution is -2.25. The molecule has 72 valence electrons. The van der Waals surface area contributed by atoms with E-state index in [1.807, 2.05) is 6.92 Å². The van der Waals surface area contributed by atoms with Gasteiger partial charge in [-0.25, -0.2) is 0 Å². The van der Waals surface area contributed by atoms with Crippen LogP contribution in [0.15, 0.2) is 0 Å². The molecule has 3 nitrogen and oxygen atoms in total. The molecule has 0 unspecified atom stereocenters. The zero-order chi connectivity index (χ0) is 9.82. The van der Waals surface area contributed by atoms with Crippen LogP contribution in [-0.2, 0) is 0 Å². The highest BCUT2D eigenvalue weighted by Crippen LogP contribution is 1.85. The first-order valence-corrected chi connectivity index (χ1v) is 4.61. The van der Waals surface area contributed by atoms with E-state index >= 15 is 0 Å². The lowest BCUT2D eigenvalue weighted by Gasteiger charge is -2.11. The molecule has 0 fully saturated rings. The summed E-state index contributed by atoms with van der Waals surface area (Å²) in [5.74, 6) is 0. The van der Waals surface area contributed by atoms with E-state index in [0.29, 0.717) is 13.1 Å². The maximum absolute atomic E-state index is 8.41. The van der Waals surface area contributed by atoms with Gasteiger partial charge in [0.05, 0.1) is 0 Å². The normalized spacial score (nSPS) is 7.92. The van der Waals surface area contributed by atoms with Gasteiger partial charge in [-0.3, -0.25) is 0 Å². The quantitative estimate of drug-likeness (QED) is 0.516. The first-order chi connectivity index (χ1) is 5.76. The van der Waals surface area contributed by atoms with E-state index in [0.717, 1.165) is 13.0 Å². The molecule has 0 rings (SSSR count). The molecule has 0 aliphatic rings. The molecule has 0 aliphatic heterocycles. The second-order valence-electron chi connectivity index (χ2n) is 2.58. The Labute approximate surface area is 76.2 Å². The number of hydrogen-bond acceptors (Lipinski definition) is 3. The highest BCUT2D eigenvalue weighted by atomic mass is 15.1. The Morgan fingerprint density at radius 1 is 1.25 bits per heavy atom. The highest BCUT2D eigenvalue weighted by molar-refractivity contribution is 4.72. The number of rotatable bonds is 4. The van der Waals surface area contributed by atoms with Crippen LogP contribution in [0.2, 0.25) is 0 Å². The molecule has 12 heavy (non-hydrogen) atoms. The van der Waals surface area contributed by atoms with Gasteiger partial charge >= 0.3 is 0 Å². The first kappa shape index (κ1) is 13.8. The predicted octanol–water partition coefficient (Wildman–Crippen LogP) is 1.55. The minimum atomic E-state index is 0.563. The predicted molar refractivity (Wildman–Crippen MR) is 52.5 cm³/mol. The Morgan fingerprint density at radius 3 is 2.00 bits per heavy atom. The zero-order valence-corrected chi connectivity index (χ0v) is 8.51. The van der Waals surface area contributed by atoms with E-state index in [4.69, 9.17) is 11.0 Å². The fraction of sp³-hybridized carbons (Fsp3) is 0.889. The van der Waals surface area contributed by atoms with Crippen molar-refractivity contribution in [3.8, 4) is 6.19 Å². The topological polar surface area (TPSA) is 53.0 Å². The van der Waals surface area contributed by atoms with Gasteiger partial charge in [0.2, 0.25) is 0 Å². The highest BCUT2D eigenvalue weighted by Gasteiger charge is 1.94. The molecule has 0 aliphatic carbocycles. The summed E-state index contributed by atoms with van der Waals surface area (Å²) in [5.41, 5.74) is 5.24. The third-order valence-electron chi connectivity index (χ3n) is 1.03. The van der Waals surface area contributed by atoms with E-state index in [-0.39, 0.29) is 0 Å². The third kappa shape index (κ3) is 12.0. The molecule has 0 bridgehead atoms. The van der Waals surface area contributed by atoms with Crippen molar-refractivity contribution in [1.29, 1.82) is 5.26 Å². The van der Waals surface area contributed by atoms with E-state index in [1.165, 1.54) is 6.42 Å². The van der Waals surface area contributed by atoms with Gasteiger partial charge < -0.3 is 10.6 Å². The van der Waals surface area contributed by atoms with E-state index in [9.17, 15) is 0 Å². The van der Waals surface area contributed by atoms with E-state index in [2.05, 4.69) is 20.0 Å². The summed E-state index contributed by atoms with van der Waals surface area (Å²) >= 11 is 0. The number of nitriles is 1. The van der Waals surface area contributed by atoms with Crippen molar-refractivity contribution in [2.45, 2.75) is 33.6 Å². The van der Waals surface area contributed by atoms with Gasteiger partial charge in [-0.05, 0) is 6.42 Å². The fourth-order valence-corrected chi connectivity index (χ4v) is 0.638. The molecule has 0 saturated carbocycles. The van der Waals surface area contributed by atoms with E-state index < -0.39 is 0 Å². The monoisotopic (exact) mass is 171 g/mol. The lowest BCUT2D eigenvalue weighted by molar-refractivity contribution is 0.401. The van der Waals surface area contributed by atoms with Crippen LogP contribution in [-0.4, -0.2) is 24.5 Å². The Balaban J connectivity index is 0. The molecule has 0 radical (unpaired) electrons. The zero-order valence-electron chi connectivity index (χ0n) is 8.51. The van der Waals surface area contributed by atoms with Crippen LogP contribution < -0.4 is 5.73 Å². The molecule has 0 aromatic rings. The van der Waals surface area contributed by atoms with Crippen LogP contribution >= 0.6 is 0 Å². The van der Waals surface area contributed by atoms with Gasteiger partial charge in [-0.1, -0.05) is 27.2 Å². The van der Waals surface area contributed by atoms with Crippen molar-refractivity contribution < 1.29 is 0 Å². The molecular formula is C9H21N3. The van der Waals surface area contributed by atoms with Crippen molar-refractivity contribution in [3.63, 3.8) is 0 Å². The average molecular weight is 171 g/mol. The largest absolute Gasteiger partial charge is 0.329 e. The van der Waals surface area contributed by atoms with Crippen molar-refractivity contribution in [2.75, 3.05) is 19.6 Å². The number of hydrogen-bond donors (Lipinski definition) is 1. The molecule has 0 aromatic heterocycles. The molecule has 3 heteroatoms. The number of nitrogens with zero attached hydrogens (tertiary/aromatic N) is 2. The lowest BCUT2D eigenvalue weighted by atomic mass is 10.4. The standard InChI is InChI=1S/C6H13N3.C3H8/c1-2-4-9(6-8)5-3-7;1-3-2/h2-5,7H2,1H3;3H2,1-2H3. The maximum Gasteiger partial charge on any atom is 0.179 e. The van der Waals surface area contributed by atoms with Crippen LogP contribution in [0.5, 0.6) is 0 Å². The maximum atomic E-state index is 8.41. The smallest absolute Gasteiger partial charge is 0.179 e. The van der Waals surface area contributed by atoms with Crippen LogP contribution in [0.1, 0.15) is 33.6 Å². The summed E-state index contributed by atoms with van der Waals surface area (Å²) < 4.78 is 0. The van der Waals surface area contributed by atoms with Crippen LogP contribution in [0.3, 0.4) is 0 Å². The second-order valence-corrected chi connectivity index (χ2v) is 2.58. The van der Waals surface area contributed by atoms with E-state index in [1.54, 1.807) is 4.90 Å². The minimum Gasteiger partial charge on any atom is -0.329 e. The van der Waals surface area contributed by atoms with Crippen LogP contribution in [0.4, 0.5) is 0 Å². The third-order valence-corrected chi connectivity index (χ3v) is 1.03. The fourth-order valence-electron chi connectivity index (χ4n) is 0.638.